The summed E-state index contributed by atoms with van der Waals surface area (Å²) in [5.74, 6) is -0.570. The molecule has 2 aromatic rings. The van der Waals surface area contributed by atoms with E-state index >= 15 is 0 Å². The molecule has 0 aromatic heterocycles. The fourth-order valence-corrected chi connectivity index (χ4v) is 3.10. The fraction of sp³-hybridized carbons (Fsp3) is 0.381. The van der Waals surface area contributed by atoms with Crippen LogP contribution in [0.2, 0.25) is 0 Å². The molecule has 3 rings (SSSR count). The van der Waals surface area contributed by atoms with E-state index in [1.54, 1.807) is 11.0 Å². The Morgan fingerprint density at radius 2 is 2.03 bits per heavy atom. The van der Waals surface area contributed by atoms with Crippen molar-refractivity contribution >= 4 is 5.91 Å². The second-order valence-corrected chi connectivity index (χ2v) is 6.81. The Kier molecular flexibility index (Phi) is 6.81. The minimum Gasteiger partial charge on any atom is -0.494 e. The molecular weight excluding hydrogens is 406 g/mol. The number of alkyl halides is 3. The van der Waals surface area contributed by atoms with Crippen LogP contribution in [0.5, 0.6) is 11.5 Å². The molecule has 1 aliphatic heterocycles. The van der Waals surface area contributed by atoms with E-state index < -0.39 is 23.7 Å². The van der Waals surface area contributed by atoms with Crippen molar-refractivity contribution in [1.29, 1.82) is 0 Å². The summed E-state index contributed by atoms with van der Waals surface area (Å²) < 4.78 is 68.1. The van der Waals surface area contributed by atoms with Crippen LogP contribution in [0.3, 0.4) is 0 Å². The number of hydrogen-bond acceptors (Lipinski definition) is 4. The summed E-state index contributed by atoms with van der Waals surface area (Å²) in [7, 11) is 1.36. The SMILES string of the molecule is COc1ccc(CC(=O)N2CCOC(COc3cccc(C(F)(F)F)c3)C2)cc1F. The molecular formula is C21H21F4NO4. The number of amides is 1. The zero-order valence-electron chi connectivity index (χ0n) is 16.2. The molecule has 1 atom stereocenters. The van der Waals surface area contributed by atoms with Gasteiger partial charge in [0.2, 0.25) is 5.91 Å². The molecule has 0 spiro atoms. The minimum absolute atomic E-state index is 0.00224. The van der Waals surface area contributed by atoms with Gasteiger partial charge in [-0.15, -0.1) is 0 Å². The minimum atomic E-state index is -4.45. The van der Waals surface area contributed by atoms with Gasteiger partial charge in [0.25, 0.3) is 0 Å². The van der Waals surface area contributed by atoms with Crippen LogP contribution in [0.1, 0.15) is 11.1 Å². The van der Waals surface area contributed by atoms with Gasteiger partial charge in [-0.2, -0.15) is 13.2 Å². The van der Waals surface area contributed by atoms with Crippen LogP contribution in [-0.2, 0) is 22.1 Å². The Morgan fingerprint density at radius 1 is 1.23 bits per heavy atom. The van der Waals surface area contributed by atoms with E-state index in [4.69, 9.17) is 14.2 Å². The average Bonchev–Trinajstić information content (AvgIpc) is 2.72. The average molecular weight is 427 g/mol. The number of methoxy groups -OCH3 is 1. The van der Waals surface area contributed by atoms with E-state index in [1.165, 1.54) is 31.4 Å². The van der Waals surface area contributed by atoms with E-state index in [0.29, 0.717) is 12.1 Å². The first-order valence-corrected chi connectivity index (χ1v) is 9.28. The summed E-state index contributed by atoms with van der Waals surface area (Å²) >= 11 is 0. The van der Waals surface area contributed by atoms with Crippen molar-refractivity contribution in [2.45, 2.75) is 18.7 Å². The molecule has 0 bridgehead atoms. The van der Waals surface area contributed by atoms with Crippen molar-refractivity contribution in [2.24, 2.45) is 0 Å². The Hall–Kier alpha value is -2.81. The second kappa shape index (κ2) is 9.34. The van der Waals surface area contributed by atoms with Gasteiger partial charge in [-0.1, -0.05) is 12.1 Å². The molecule has 1 fully saturated rings. The molecule has 1 amide bonds. The van der Waals surface area contributed by atoms with Gasteiger partial charge < -0.3 is 19.1 Å². The number of carbonyl (C=O) groups is 1. The van der Waals surface area contributed by atoms with E-state index in [9.17, 15) is 22.4 Å². The molecule has 30 heavy (non-hydrogen) atoms. The molecule has 162 valence electrons. The van der Waals surface area contributed by atoms with Crippen molar-refractivity contribution in [3.63, 3.8) is 0 Å². The summed E-state index contributed by atoms with van der Waals surface area (Å²) in [4.78, 5) is 14.1. The number of benzene rings is 2. The van der Waals surface area contributed by atoms with Crippen LogP contribution in [0.15, 0.2) is 42.5 Å². The number of morpholine rings is 1. The lowest BCUT2D eigenvalue weighted by molar-refractivity contribution is -0.139. The van der Waals surface area contributed by atoms with Gasteiger partial charge in [-0.3, -0.25) is 4.79 Å². The van der Waals surface area contributed by atoms with E-state index in [2.05, 4.69) is 0 Å². The van der Waals surface area contributed by atoms with Crippen LogP contribution in [0.4, 0.5) is 17.6 Å². The third kappa shape index (κ3) is 5.63. The predicted octanol–water partition coefficient (Wildman–Crippen LogP) is 3.70. The third-order valence-corrected chi connectivity index (χ3v) is 4.66. The Balaban J connectivity index is 1.55. The lowest BCUT2D eigenvalue weighted by Crippen LogP contribution is -2.48. The monoisotopic (exact) mass is 427 g/mol. The van der Waals surface area contributed by atoms with Gasteiger partial charge in [0.05, 0.1) is 32.2 Å². The van der Waals surface area contributed by atoms with Crippen LogP contribution in [-0.4, -0.2) is 50.3 Å². The normalized spacial score (nSPS) is 17.0. The lowest BCUT2D eigenvalue weighted by atomic mass is 10.1. The van der Waals surface area contributed by atoms with Crippen LogP contribution < -0.4 is 9.47 Å². The molecule has 5 nitrogen and oxygen atoms in total. The number of hydrogen-bond donors (Lipinski definition) is 0. The number of carbonyl (C=O) groups excluding carboxylic acids is 1. The number of halogens is 4. The van der Waals surface area contributed by atoms with Crippen molar-refractivity contribution < 1.29 is 36.6 Å². The summed E-state index contributed by atoms with van der Waals surface area (Å²) in [5.41, 5.74) is -0.283. The van der Waals surface area contributed by atoms with Crippen molar-refractivity contribution in [3.05, 3.63) is 59.4 Å². The predicted molar refractivity (Wildman–Crippen MR) is 99.9 cm³/mol. The van der Waals surface area contributed by atoms with Crippen molar-refractivity contribution in [1.82, 2.24) is 4.90 Å². The van der Waals surface area contributed by atoms with Gasteiger partial charge in [0.15, 0.2) is 11.6 Å². The highest BCUT2D eigenvalue weighted by Crippen LogP contribution is 2.31. The van der Waals surface area contributed by atoms with Crippen LogP contribution in [0.25, 0.3) is 0 Å². The third-order valence-electron chi connectivity index (χ3n) is 4.66. The topological polar surface area (TPSA) is 48.0 Å². The fourth-order valence-electron chi connectivity index (χ4n) is 3.10. The molecule has 9 heteroatoms. The molecule has 1 unspecified atom stereocenters. The highest BCUT2D eigenvalue weighted by molar-refractivity contribution is 5.79. The van der Waals surface area contributed by atoms with Gasteiger partial charge in [-0.25, -0.2) is 4.39 Å². The maximum absolute atomic E-state index is 13.8. The molecule has 1 aliphatic rings. The Bertz CT molecular complexity index is 888. The second-order valence-electron chi connectivity index (χ2n) is 6.81. The highest BCUT2D eigenvalue weighted by atomic mass is 19.4. The Labute approximate surface area is 171 Å². The molecule has 1 saturated heterocycles. The molecule has 2 aromatic carbocycles. The summed E-state index contributed by atoms with van der Waals surface area (Å²) in [6.45, 7) is 0.884. The van der Waals surface area contributed by atoms with Crippen LogP contribution >= 0.6 is 0 Å². The Morgan fingerprint density at radius 3 is 2.73 bits per heavy atom. The van der Waals surface area contributed by atoms with Gasteiger partial charge >= 0.3 is 6.18 Å². The molecule has 0 aliphatic carbocycles. The molecule has 0 saturated carbocycles. The summed E-state index contributed by atoms with van der Waals surface area (Å²) in [5, 5.41) is 0. The first kappa shape index (κ1) is 21.9. The first-order chi connectivity index (χ1) is 14.3. The van der Waals surface area contributed by atoms with Gasteiger partial charge in [-0.05, 0) is 35.9 Å². The molecule has 0 N–H and O–H groups in total. The standard InChI is InChI=1S/C21H21F4NO4/c1-28-19-6-5-14(9-18(19)22)10-20(27)26-7-8-29-17(12-26)13-30-16-4-2-3-15(11-16)21(23,24)25/h2-6,9,11,17H,7-8,10,12-13H2,1H3. The van der Waals surface area contributed by atoms with Crippen molar-refractivity contribution in [2.75, 3.05) is 33.4 Å². The zero-order valence-corrected chi connectivity index (χ0v) is 16.2. The van der Waals surface area contributed by atoms with E-state index in [1.807, 2.05) is 0 Å². The summed E-state index contributed by atoms with van der Waals surface area (Å²) in [6.07, 6.45) is -4.92. The smallest absolute Gasteiger partial charge is 0.416 e. The van der Waals surface area contributed by atoms with Gasteiger partial charge in [0.1, 0.15) is 18.5 Å². The largest absolute Gasteiger partial charge is 0.494 e. The van der Waals surface area contributed by atoms with Crippen molar-refractivity contribution in [3.8, 4) is 11.5 Å². The maximum atomic E-state index is 13.8. The number of rotatable bonds is 6. The summed E-state index contributed by atoms with van der Waals surface area (Å²) in [6, 6.07) is 8.92. The maximum Gasteiger partial charge on any atom is 0.416 e. The zero-order chi connectivity index (χ0) is 21.7. The number of nitrogens with zero attached hydrogens (tertiary/aromatic N) is 1. The first-order valence-electron chi connectivity index (χ1n) is 9.28. The van der Waals surface area contributed by atoms with Gasteiger partial charge in [0, 0.05) is 6.54 Å². The number of ether oxygens (including phenoxy) is 3. The van der Waals surface area contributed by atoms with E-state index in [-0.39, 0.29) is 43.6 Å². The molecule has 1 heterocycles. The lowest BCUT2D eigenvalue weighted by Gasteiger charge is -2.33. The highest BCUT2D eigenvalue weighted by Gasteiger charge is 2.31. The molecule has 0 radical (unpaired) electrons. The van der Waals surface area contributed by atoms with Crippen LogP contribution in [0, 0.1) is 5.82 Å². The van der Waals surface area contributed by atoms with E-state index in [0.717, 1.165) is 12.1 Å². The quantitative estimate of drug-likeness (QED) is 0.660.